The lowest BCUT2D eigenvalue weighted by molar-refractivity contribution is 0.153. The van der Waals surface area contributed by atoms with Gasteiger partial charge in [-0.3, -0.25) is 0 Å². The summed E-state index contributed by atoms with van der Waals surface area (Å²) in [5.41, 5.74) is 1.42. The van der Waals surface area contributed by atoms with Gasteiger partial charge in [-0.25, -0.2) is 4.39 Å². The van der Waals surface area contributed by atoms with E-state index in [1.807, 2.05) is 12.1 Å². The summed E-state index contributed by atoms with van der Waals surface area (Å²) in [6.07, 6.45) is 1.90. The van der Waals surface area contributed by atoms with Crippen LogP contribution in [0.1, 0.15) is 17.5 Å². The van der Waals surface area contributed by atoms with Gasteiger partial charge in [0.2, 0.25) is 0 Å². The predicted molar refractivity (Wildman–Crippen MR) is 109 cm³/mol. The standard InChI is InChI=1S/C21H25Cl2FN2O/c1-25-10-12-26(13-11-25)9-3-4-16-14-17(22)7-8-21(16)27-15-18-19(23)5-2-6-20(18)24/h2,5-8,14H,3-4,9-13,15H2,1H3. The Morgan fingerprint density at radius 2 is 1.85 bits per heavy atom. The van der Waals surface area contributed by atoms with Crippen molar-refractivity contribution in [2.45, 2.75) is 19.4 Å². The lowest BCUT2D eigenvalue weighted by Crippen LogP contribution is -2.44. The summed E-state index contributed by atoms with van der Waals surface area (Å²) in [6.45, 7) is 5.61. The number of benzene rings is 2. The third kappa shape index (κ3) is 5.82. The molecule has 0 bridgehead atoms. The van der Waals surface area contributed by atoms with Crippen LogP contribution in [-0.4, -0.2) is 49.6 Å². The van der Waals surface area contributed by atoms with Crippen LogP contribution in [0.3, 0.4) is 0 Å². The van der Waals surface area contributed by atoms with Crippen LogP contribution in [0.25, 0.3) is 0 Å². The predicted octanol–water partition coefficient (Wildman–Crippen LogP) is 4.89. The molecule has 0 aliphatic carbocycles. The van der Waals surface area contributed by atoms with Crippen LogP contribution < -0.4 is 4.74 Å². The SMILES string of the molecule is CN1CCN(CCCc2cc(Cl)ccc2OCc2c(F)cccc2Cl)CC1. The topological polar surface area (TPSA) is 15.7 Å². The van der Waals surface area contributed by atoms with Crippen LogP contribution >= 0.6 is 23.2 Å². The quantitative estimate of drug-likeness (QED) is 0.645. The van der Waals surface area contributed by atoms with Crippen LogP contribution in [0.15, 0.2) is 36.4 Å². The first kappa shape index (κ1) is 20.4. The van der Waals surface area contributed by atoms with Crippen molar-refractivity contribution in [3.8, 4) is 5.75 Å². The molecule has 1 fully saturated rings. The number of halogens is 3. The highest BCUT2D eigenvalue weighted by molar-refractivity contribution is 6.31. The van der Waals surface area contributed by atoms with Crippen molar-refractivity contribution in [1.82, 2.24) is 9.80 Å². The number of aryl methyl sites for hydroxylation is 1. The van der Waals surface area contributed by atoms with E-state index in [9.17, 15) is 4.39 Å². The molecule has 0 atom stereocenters. The Balaban J connectivity index is 1.59. The number of rotatable bonds is 7. The molecule has 27 heavy (non-hydrogen) atoms. The molecule has 1 saturated heterocycles. The monoisotopic (exact) mass is 410 g/mol. The second-order valence-electron chi connectivity index (χ2n) is 6.99. The number of ether oxygens (including phenoxy) is 1. The fraction of sp³-hybridized carbons (Fsp3) is 0.429. The van der Waals surface area contributed by atoms with Crippen molar-refractivity contribution in [2.75, 3.05) is 39.8 Å². The van der Waals surface area contributed by atoms with Crippen molar-refractivity contribution in [2.24, 2.45) is 0 Å². The van der Waals surface area contributed by atoms with Gasteiger partial charge >= 0.3 is 0 Å². The molecule has 3 nitrogen and oxygen atoms in total. The number of nitrogens with zero attached hydrogens (tertiary/aromatic N) is 2. The Hall–Kier alpha value is -1.33. The molecule has 1 aliphatic rings. The van der Waals surface area contributed by atoms with E-state index in [-0.39, 0.29) is 12.4 Å². The van der Waals surface area contributed by atoms with Crippen LogP contribution in [0.4, 0.5) is 4.39 Å². The third-order valence-electron chi connectivity index (χ3n) is 4.97. The van der Waals surface area contributed by atoms with Crippen LogP contribution in [0, 0.1) is 5.82 Å². The highest BCUT2D eigenvalue weighted by Gasteiger charge is 2.14. The molecule has 0 amide bonds. The largest absolute Gasteiger partial charge is 0.488 e. The summed E-state index contributed by atoms with van der Waals surface area (Å²) in [6, 6.07) is 10.2. The molecule has 0 radical (unpaired) electrons. The Morgan fingerprint density at radius 3 is 2.59 bits per heavy atom. The van der Waals surface area contributed by atoms with E-state index < -0.39 is 0 Å². The molecule has 0 aromatic heterocycles. The van der Waals surface area contributed by atoms with E-state index in [2.05, 4.69) is 16.8 Å². The molecule has 146 valence electrons. The Kier molecular flexibility index (Phi) is 7.36. The molecule has 6 heteroatoms. The molecule has 2 aromatic rings. The van der Waals surface area contributed by atoms with Gasteiger partial charge in [-0.1, -0.05) is 29.3 Å². The van der Waals surface area contributed by atoms with E-state index >= 15 is 0 Å². The molecular formula is C21H25Cl2FN2O. The zero-order valence-corrected chi connectivity index (χ0v) is 17.1. The second kappa shape index (κ2) is 9.74. The first-order chi connectivity index (χ1) is 13.0. The van der Waals surface area contributed by atoms with Crippen LogP contribution in [0.2, 0.25) is 10.0 Å². The third-order valence-corrected chi connectivity index (χ3v) is 5.56. The van der Waals surface area contributed by atoms with Crippen LogP contribution in [0.5, 0.6) is 5.75 Å². The average molecular weight is 411 g/mol. The van der Waals surface area contributed by atoms with Gasteiger partial charge < -0.3 is 14.5 Å². The lowest BCUT2D eigenvalue weighted by atomic mass is 10.1. The molecular weight excluding hydrogens is 386 g/mol. The second-order valence-corrected chi connectivity index (χ2v) is 7.83. The summed E-state index contributed by atoms with van der Waals surface area (Å²) in [5, 5.41) is 1.06. The van der Waals surface area contributed by atoms with Gasteiger partial charge in [-0.15, -0.1) is 0 Å². The fourth-order valence-electron chi connectivity index (χ4n) is 3.27. The van der Waals surface area contributed by atoms with Crippen molar-refractivity contribution < 1.29 is 9.13 Å². The number of piperazine rings is 1. The van der Waals surface area contributed by atoms with Crippen LogP contribution in [-0.2, 0) is 13.0 Å². The maximum atomic E-state index is 14.0. The Labute approximate surface area is 170 Å². The number of hydrogen-bond donors (Lipinski definition) is 0. The highest BCUT2D eigenvalue weighted by atomic mass is 35.5. The number of likely N-dealkylation sites (N-methyl/N-ethyl adjacent to an activating group) is 1. The molecule has 0 N–H and O–H groups in total. The number of hydrogen-bond acceptors (Lipinski definition) is 3. The normalized spacial score (nSPS) is 15.9. The van der Waals surface area contributed by atoms with Crippen molar-refractivity contribution >= 4 is 23.2 Å². The minimum atomic E-state index is -0.354. The fourth-order valence-corrected chi connectivity index (χ4v) is 3.68. The summed E-state index contributed by atoms with van der Waals surface area (Å²) in [5.74, 6) is 0.380. The van der Waals surface area contributed by atoms with Gasteiger partial charge in [0.1, 0.15) is 18.2 Å². The van der Waals surface area contributed by atoms with Crippen molar-refractivity contribution in [3.05, 3.63) is 63.4 Å². The maximum Gasteiger partial charge on any atom is 0.131 e. The molecule has 2 aromatic carbocycles. The average Bonchev–Trinajstić information content (AvgIpc) is 2.64. The molecule has 0 saturated carbocycles. The van der Waals surface area contributed by atoms with Gasteiger partial charge in [-0.05, 0) is 62.3 Å². The van der Waals surface area contributed by atoms with Gasteiger partial charge in [0, 0.05) is 36.8 Å². The van der Waals surface area contributed by atoms with Crippen molar-refractivity contribution in [1.29, 1.82) is 0 Å². The minimum absolute atomic E-state index is 0.0958. The highest BCUT2D eigenvalue weighted by Crippen LogP contribution is 2.27. The molecule has 1 heterocycles. The first-order valence-electron chi connectivity index (χ1n) is 9.28. The molecule has 1 aliphatic heterocycles. The van der Waals surface area contributed by atoms with Gasteiger partial charge in [-0.2, -0.15) is 0 Å². The summed E-state index contributed by atoms with van der Waals surface area (Å²) >= 11 is 12.3. The Morgan fingerprint density at radius 1 is 1.07 bits per heavy atom. The van der Waals surface area contributed by atoms with E-state index in [1.165, 1.54) is 6.07 Å². The molecule has 0 unspecified atom stereocenters. The lowest BCUT2D eigenvalue weighted by Gasteiger charge is -2.32. The van der Waals surface area contributed by atoms with E-state index in [0.29, 0.717) is 15.6 Å². The smallest absolute Gasteiger partial charge is 0.131 e. The van der Waals surface area contributed by atoms with E-state index in [4.69, 9.17) is 27.9 Å². The first-order valence-corrected chi connectivity index (χ1v) is 10.0. The molecule has 0 spiro atoms. The summed E-state index contributed by atoms with van der Waals surface area (Å²) < 4.78 is 19.9. The van der Waals surface area contributed by atoms with E-state index in [1.54, 1.807) is 18.2 Å². The summed E-state index contributed by atoms with van der Waals surface area (Å²) in [4.78, 5) is 4.84. The zero-order chi connectivity index (χ0) is 19.2. The van der Waals surface area contributed by atoms with E-state index in [0.717, 1.165) is 56.9 Å². The minimum Gasteiger partial charge on any atom is -0.488 e. The Bertz CT molecular complexity index is 744. The van der Waals surface area contributed by atoms with Gasteiger partial charge in [0.15, 0.2) is 0 Å². The summed E-state index contributed by atoms with van der Waals surface area (Å²) in [7, 11) is 2.16. The zero-order valence-electron chi connectivity index (χ0n) is 15.6. The van der Waals surface area contributed by atoms with Gasteiger partial charge in [0.05, 0.1) is 5.02 Å². The van der Waals surface area contributed by atoms with Crippen molar-refractivity contribution in [3.63, 3.8) is 0 Å². The maximum absolute atomic E-state index is 14.0. The molecule has 3 rings (SSSR count). The van der Waals surface area contributed by atoms with Gasteiger partial charge in [0.25, 0.3) is 0 Å².